The van der Waals surface area contributed by atoms with Crippen LogP contribution in [0.25, 0.3) is 0 Å². The van der Waals surface area contributed by atoms with Crippen molar-refractivity contribution in [1.29, 1.82) is 0 Å². The van der Waals surface area contributed by atoms with Gasteiger partial charge in [-0.2, -0.15) is 0 Å². The number of aromatic hydroxyl groups is 1. The third-order valence-corrected chi connectivity index (χ3v) is 1.96. The van der Waals surface area contributed by atoms with Crippen LogP contribution in [-0.2, 0) is 6.42 Å². The van der Waals surface area contributed by atoms with E-state index in [0.717, 1.165) is 17.5 Å². The predicted molar refractivity (Wildman–Crippen MR) is 67.4 cm³/mol. The number of phenolic OH excluding ortho intramolecular Hbond substituents is 1. The molecule has 1 aromatic carbocycles. The number of hydrogen-bond donors (Lipinski definition) is 1. The minimum absolute atomic E-state index is 0.229. The summed E-state index contributed by atoms with van der Waals surface area (Å²) in [6.45, 7) is 12.5. The van der Waals surface area contributed by atoms with Gasteiger partial charge in [0.15, 0.2) is 0 Å². The van der Waals surface area contributed by atoms with Crippen molar-refractivity contribution in [3.63, 3.8) is 0 Å². The normalized spacial score (nSPS) is 10.5. The predicted octanol–water partition coefficient (Wildman–Crippen LogP) is 4.32. The molecule has 1 aromatic rings. The van der Waals surface area contributed by atoms with Crippen LogP contribution in [0.5, 0.6) is 5.75 Å². The third kappa shape index (κ3) is 5.46. The summed E-state index contributed by atoms with van der Waals surface area (Å²) >= 11 is 0. The first-order valence-electron chi connectivity index (χ1n) is 5.67. The number of hydrogen-bond acceptors (Lipinski definition) is 1. The van der Waals surface area contributed by atoms with Crippen molar-refractivity contribution in [3.05, 3.63) is 29.3 Å². The maximum Gasteiger partial charge on any atom is 0.119 e. The molecule has 0 atom stereocenters. The molecule has 0 aliphatic rings. The van der Waals surface area contributed by atoms with E-state index < -0.39 is 0 Å². The van der Waals surface area contributed by atoms with Crippen LogP contribution in [0, 0.1) is 12.3 Å². The van der Waals surface area contributed by atoms with Crippen molar-refractivity contribution >= 4 is 0 Å². The molecule has 0 bridgehead atoms. The van der Waals surface area contributed by atoms with Gasteiger partial charge in [0.25, 0.3) is 0 Å². The molecular weight excluding hydrogens is 184 g/mol. The molecule has 1 nitrogen and oxygen atoms in total. The van der Waals surface area contributed by atoms with E-state index in [9.17, 15) is 5.11 Å². The minimum Gasteiger partial charge on any atom is -0.508 e. The molecule has 0 radical (unpaired) electrons. The van der Waals surface area contributed by atoms with Crippen LogP contribution in [-0.4, -0.2) is 5.11 Å². The van der Waals surface area contributed by atoms with Crippen LogP contribution >= 0.6 is 0 Å². The molecule has 1 N–H and O–H groups in total. The zero-order valence-electron chi connectivity index (χ0n) is 10.9. The van der Waals surface area contributed by atoms with Gasteiger partial charge in [0, 0.05) is 0 Å². The Morgan fingerprint density at radius 2 is 1.67 bits per heavy atom. The van der Waals surface area contributed by atoms with Crippen molar-refractivity contribution in [3.8, 4) is 5.75 Å². The van der Waals surface area contributed by atoms with Gasteiger partial charge in [-0.25, -0.2) is 0 Å². The fourth-order valence-corrected chi connectivity index (χ4v) is 1.39. The SMILES string of the molecule is CC.Cc1ccc(CC(C)(C)C)c(O)c1. The molecular formula is C14H24O. The Balaban J connectivity index is 0.000000921. The van der Waals surface area contributed by atoms with Crippen molar-refractivity contribution in [2.24, 2.45) is 5.41 Å². The van der Waals surface area contributed by atoms with Crippen LogP contribution < -0.4 is 0 Å². The molecule has 15 heavy (non-hydrogen) atoms. The van der Waals surface area contributed by atoms with Gasteiger partial charge in [0.05, 0.1) is 0 Å². The van der Waals surface area contributed by atoms with Gasteiger partial charge in [-0.05, 0) is 36.0 Å². The topological polar surface area (TPSA) is 20.2 Å². The molecule has 0 saturated heterocycles. The Labute approximate surface area is 94.2 Å². The lowest BCUT2D eigenvalue weighted by Gasteiger charge is -2.18. The quantitative estimate of drug-likeness (QED) is 0.729. The second-order valence-electron chi connectivity index (χ2n) is 4.87. The highest BCUT2D eigenvalue weighted by molar-refractivity contribution is 5.36. The standard InChI is InChI=1S/C12H18O.C2H6/c1-9-5-6-10(11(13)7-9)8-12(2,3)4;1-2/h5-7,13H,8H2,1-4H3;1-2H3. The molecule has 0 amide bonds. The first-order chi connectivity index (χ1) is 6.88. The molecule has 0 aliphatic heterocycles. The second-order valence-corrected chi connectivity index (χ2v) is 4.87. The van der Waals surface area contributed by atoms with E-state index in [4.69, 9.17) is 0 Å². The summed E-state index contributed by atoms with van der Waals surface area (Å²) in [5, 5.41) is 9.65. The zero-order valence-corrected chi connectivity index (χ0v) is 10.9. The van der Waals surface area contributed by atoms with Crippen molar-refractivity contribution < 1.29 is 5.11 Å². The molecule has 0 fully saturated rings. The summed E-state index contributed by atoms with van der Waals surface area (Å²) in [6.07, 6.45) is 0.916. The number of phenols is 1. The lowest BCUT2D eigenvalue weighted by Crippen LogP contribution is -2.09. The molecule has 0 heterocycles. The molecule has 0 aliphatic carbocycles. The Morgan fingerprint density at radius 3 is 2.07 bits per heavy atom. The summed E-state index contributed by atoms with van der Waals surface area (Å²) in [5.41, 5.74) is 2.38. The highest BCUT2D eigenvalue weighted by Crippen LogP contribution is 2.27. The van der Waals surface area contributed by atoms with E-state index in [1.54, 1.807) is 0 Å². The summed E-state index contributed by atoms with van der Waals surface area (Å²) < 4.78 is 0. The van der Waals surface area contributed by atoms with Gasteiger partial charge in [0.2, 0.25) is 0 Å². The summed E-state index contributed by atoms with van der Waals surface area (Å²) in [4.78, 5) is 0. The van der Waals surface area contributed by atoms with E-state index in [2.05, 4.69) is 20.8 Å². The number of aryl methyl sites for hydroxylation is 1. The van der Waals surface area contributed by atoms with Crippen LogP contribution in [0.15, 0.2) is 18.2 Å². The largest absolute Gasteiger partial charge is 0.508 e. The highest BCUT2D eigenvalue weighted by atomic mass is 16.3. The fourth-order valence-electron chi connectivity index (χ4n) is 1.39. The minimum atomic E-state index is 0.229. The van der Waals surface area contributed by atoms with E-state index in [-0.39, 0.29) is 5.41 Å². The summed E-state index contributed by atoms with van der Waals surface area (Å²) in [6, 6.07) is 5.87. The first-order valence-corrected chi connectivity index (χ1v) is 5.67. The van der Waals surface area contributed by atoms with Gasteiger partial charge in [-0.1, -0.05) is 46.8 Å². The Morgan fingerprint density at radius 1 is 1.13 bits per heavy atom. The summed E-state index contributed by atoms with van der Waals surface area (Å²) in [7, 11) is 0. The van der Waals surface area contributed by atoms with E-state index in [1.165, 1.54) is 0 Å². The lowest BCUT2D eigenvalue weighted by atomic mass is 9.87. The smallest absolute Gasteiger partial charge is 0.119 e. The molecule has 0 unspecified atom stereocenters. The van der Waals surface area contributed by atoms with Gasteiger partial charge >= 0.3 is 0 Å². The van der Waals surface area contributed by atoms with Crippen molar-refractivity contribution in [2.75, 3.05) is 0 Å². The highest BCUT2D eigenvalue weighted by Gasteiger charge is 2.13. The average Bonchev–Trinajstić information content (AvgIpc) is 2.12. The Bertz CT molecular complexity index is 295. The van der Waals surface area contributed by atoms with Gasteiger partial charge < -0.3 is 5.11 Å². The molecule has 0 saturated carbocycles. The van der Waals surface area contributed by atoms with Crippen molar-refractivity contribution in [1.82, 2.24) is 0 Å². The number of rotatable bonds is 1. The van der Waals surface area contributed by atoms with Gasteiger partial charge in [0.1, 0.15) is 5.75 Å². The molecule has 1 heteroatoms. The molecule has 86 valence electrons. The zero-order chi connectivity index (χ0) is 12.1. The van der Waals surface area contributed by atoms with Crippen LogP contribution in [0.3, 0.4) is 0 Å². The van der Waals surface area contributed by atoms with Gasteiger partial charge in [-0.15, -0.1) is 0 Å². The Hall–Kier alpha value is -0.980. The summed E-state index contributed by atoms with van der Waals surface area (Å²) in [5.74, 6) is 0.426. The monoisotopic (exact) mass is 208 g/mol. The molecule has 1 rings (SSSR count). The van der Waals surface area contributed by atoms with E-state index >= 15 is 0 Å². The Kier molecular flexibility index (Phi) is 5.41. The average molecular weight is 208 g/mol. The lowest BCUT2D eigenvalue weighted by molar-refractivity contribution is 0.394. The van der Waals surface area contributed by atoms with Crippen LogP contribution in [0.2, 0.25) is 0 Å². The van der Waals surface area contributed by atoms with E-state index in [0.29, 0.717) is 5.75 Å². The van der Waals surface area contributed by atoms with E-state index in [1.807, 2.05) is 39.0 Å². The van der Waals surface area contributed by atoms with Crippen LogP contribution in [0.4, 0.5) is 0 Å². The maximum absolute atomic E-state index is 9.65. The van der Waals surface area contributed by atoms with Gasteiger partial charge in [-0.3, -0.25) is 0 Å². The maximum atomic E-state index is 9.65. The molecule has 0 spiro atoms. The first kappa shape index (κ1) is 14.0. The molecule has 0 aromatic heterocycles. The second kappa shape index (κ2) is 5.79. The van der Waals surface area contributed by atoms with Crippen LogP contribution in [0.1, 0.15) is 45.7 Å². The van der Waals surface area contributed by atoms with Crippen molar-refractivity contribution in [2.45, 2.75) is 48.0 Å². The number of benzene rings is 1. The third-order valence-electron chi connectivity index (χ3n) is 1.96. The fraction of sp³-hybridized carbons (Fsp3) is 0.571.